The van der Waals surface area contributed by atoms with Gasteiger partial charge < -0.3 is 0 Å². The average Bonchev–Trinajstić information content (AvgIpc) is 2.17. The highest BCUT2D eigenvalue weighted by Crippen LogP contribution is 1.97. The Labute approximate surface area is 80.6 Å². The minimum Gasteiger partial charge on any atom is -0.251 e. The van der Waals surface area contributed by atoms with E-state index in [-0.39, 0.29) is 0 Å². The van der Waals surface area contributed by atoms with Crippen molar-refractivity contribution in [2.24, 2.45) is 0 Å². The van der Waals surface area contributed by atoms with Crippen LogP contribution < -0.4 is 0 Å². The van der Waals surface area contributed by atoms with E-state index in [0.29, 0.717) is 19.8 Å². The van der Waals surface area contributed by atoms with E-state index in [9.17, 15) is 0 Å². The molecule has 0 unspecified atom stereocenters. The summed E-state index contributed by atoms with van der Waals surface area (Å²) in [4.78, 5) is 15.6. The van der Waals surface area contributed by atoms with Crippen molar-refractivity contribution in [3.05, 3.63) is 0 Å². The van der Waals surface area contributed by atoms with Crippen LogP contribution in [-0.4, -0.2) is 25.2 Å². The van der Waals surface area contributed by atoms with Gasteiger partial charge in [0.15, 0.2) is 0 Å². The molecule has 0 aliphatic rings. The highest BCUT2D eigenvalue weighted by molar-refractivity contribution is 4.21. The Morgan fingerprint density at radius 1 is 0.692 bits per heavy atom. The maximum Gasteiger partial charge on any atom is 0.0766 e. The molecule has 0 amide bonds. The Morgan fingerprint density at radius 2 is 1.00 bits per heavy atom. The maximum atomic E-state index is 5.18. The first-order valence-electron chi connectivity index (χ1n) is 5.04. The van der Waals surface area contributed by atoms with Gasteiger partial charge in [-0.2, -0.15) is 0 Å². The molecule has 0 radical (unpaired) electrons. The molecule has 0 N–H and O–H groups in total. The van der Waals surface area contributed by atoms with Crippen LogP contribution in [0.25, 0.3) is 0 Å². The van der Waals surface area contributed by atoms with Crippen molar-refractivity contribution in [2.45, 2.75) is 40.0 Å². The summed E-state index contributed by atoms with van der Waals surface area (Å²) >= 11 is 0. The molecule has 0 spiro atoms. The van der Waals surface area contributed by atoms with Gasteiger partial charge >= 0.3 is 0 Å². The molecule has 0 aliphatic carbocycles. The molecule has 0 heterocycles. The van der Waals surface area contributed by atoms with Crippen LogP contribution in [0.2, 0.25) is 0 Å². The smallest absolute Gasteiger partial charge is 0.0766 e. The Bertz CT molecular complexity index is 81.8. The van der Waals surface area contributed by atoms with Gasteiger partial charge in [0.25, 0.3) is 0 Å². The summed E-state index contributed by atoms with van der Waals surface area (Å²) in [6.07, 6.45) is 2.84. The second-order valence-corrected chi connectivity index (χ2v) is 2.72. The van der Waals surface area contributed by atoms with Gasteiger partial charge in [-0.25, -0.2) is 0 Å². The zero-order chi connectivity index (χ0) is 9.94. The number of hydrogen-bond acceptors (Lipinski definition) is 4. The molecule has 4 nitrogen and oxygen atoms in total. The number of rotatable bonds is 9. The zero-order valence-electron chi connectivity index (χ0n) is 8.91. The lowest BCUT2D eigenvalue weighted by molar-refractivity contribution is -0.526. The summed E-state index contributed by atoms with van der Waals surface area (Å²) in [5, 5.41) is 1.14. The van der Waals surface area contributed by atoms with E-state index < -0.39 is 0 Å². The quantitative estimate of drug-likeness (QED) is 0.523. The standard InChI is InChI=1S/C9H21NO3/c1-4-7-11-10(12-8-5-2)13-9-6-3/h4-9H2,1-3H3. The summed E-state index contributed by atoms with van der Waals surface area (Å²) in [7, 11) is 0. The van der Waals surface area contributed by atoms with Crippen LogP contribution in [0.15, 0.2) is 0 Å². The van der Waals surface area contributed by atoms with Crippen LogP contribution >= 0.6 is 0 Å². The van der Waals surface area contributed by atoms with Crippen LogP contribution in [-0.2, 0) is 14.5 Å². The SMILES string of the molecule is CCCON(OCCC)OCCC. The van der Waals surface area contributed by atoms with E-state index in [1.165, 1.54) is 0 Å². The van der Waals surface area contributed by atoms with E-state index in [2.05, 4.69) is 0 Å². The van der Waals surface area contributed by atoms with Crippen LogP contribution in [0.5, 0.6) is 0 Å². The molecular weight excluding hydrogens is 170 g/mol. The van der Waals surface area contributed by atoms with Gasteiger partial charge in [0.1, 0.15) is 0 Å². The Morgan fingerprint density at radius 3 is 1.23 bits per heavy atom. The molecule has 0 aromatic carbocycles. The summed E-state index contributed by atoms with van der Waals surface area (Å²) in [5.41, 5.74) is 0. The van der Waals surface area contributed by atoms with Crippen molar-refractivity contribution in [1.82, 2.24) is 5.39 Å². The van der Waals surface area contributed by atoms with Crippen LogP contribution in [0.1, 0.15) is 40.0 Å². The molecule has 80 valence electrons. The molecule has 0 aliphatic heterocycles. The third kappa shape index (κ3) is 8.18. The summed E-state index contributed by atoms with van der Waals surface area (Å²) in [5.74, 6) is 0. The Hall–Kier alpha value is -0.160. The van der Waals surface area contributed by atoms with Crippen molar-refractivity contribution in [3.63, 3.8) is 0 Å². The van der Waals surface area contributed by atoms with E-state index >= 15 is 0 Å². The average molecular weight is 191 g/mol. The molecule has 13 heavy (non-hydrogen) atoms. The topological polar surface area (TPSA) is 30.9 Å². The highest BCUT2D eigenvalue weighted by atomic mass is 17.2. The Balaban J connectivity index is 3.47. The molecule has 0 rings (SSSR count). The molecule has 0 saturated carbocycles. The van der Waals surface area contributed by atoms with Gasteiger partial charge in [0, 0.05) is 0 Å². The second kappa shape index (κ2) is 9.92. The first-order chi connectivity index (χ1) is 6.35. The predicted octanol–water partition coefficient (Wildman–Crippen LogP) is 2.31. The molecule has 0 saturated heterocycles. The normalized spacial score (nSPS) is 11.1. The molecule has 0 bridgehead atoms. The van der Waals surface area contributed by atoms with Crippen molar-refractivity contribution in [1.29, 1.82) is 0 Å². The Kier molecular flexibility index (Phi) is 9.80. The minimum absolute atomic E-state index is 0.618. The lowest BCUT2D eigenvalue weighted by atomic mass is 10.5. The lowest BCUT2D eigenvalue weighted by Crippen LogP contribution is -2.26. The maximum absolute atomic E-state index is 5.18. The molecule has 0 atom stereocenters. The number of hydrogen-bond donors (Lipinski definition) is 0. The summed E-state index contributed by atoms with van der Waals surface area (Å²) in [6, 6.07) is 0. The van der Waals surface area contributed by atoms with E-state index in [0.717, 1.165) is 24.7 Å². The third-order valence-electron chi connectivity index (χ3n) is 1.20. The molecule has 0 aromatic heterocycles. The van der Waals surface area contributed by atoms with Crippen LogP contribution in [0.4, 0.5) is 0 Å². The van der Waals surface area contributed by atoms with Gasteiger partial charge in [0.2, 0.25) is 0 Å². The van der Waals surface area contributed by atoms with Gasteiger partial charge in [0.05, 0.1) is 25.2 Å². The summed E-state index contributed by atoms with van der Waals surface area (Å²) in [6.45, 7) is 7.97. The fraction of sp³-hybridized carbons (Fsp3) is 1.00. The van der Waals surface area contributed by atoms with E-state index in [1.54, 1.807) is 0 Å². The molecular formula is C9H21NO3. The molecule has 4 heteroatoms. The van der Waals surface area contributed by atoms with E-state index in [1.807, 2.05) is 20.8 Å². The predicted molar refractivity (Wildman–Crippen MR) is 50.6 cm³/mol. The van der Waals surface area contributed by atoms with Gasteiger partial charge in [-0.15, -0.1) is 0 Å². The zero-order valence-corrected chi connectivity index (χ0v) is 8.91. The van der Waals surface area contributed by atoms with Crippen molar-refractivity contribution < 1.29 is 14.5 Å². The molecule has 0 fully saturated rings. The fourth-order valence-electron chi connectivity index (χ4n) is 0.609. The van der Waals surface area contributed by atoms with Crippen molar-refractivity contribution >= 4 is 0 Å². The van der Waals surface area contributed by atoms with Gasteiger partial charge in [-0.1, -0.05) is 20.8 Å². The molecule has 0 aromatic rings. The van der Waals surface area contributed by atoms with Crippen LogP contribution in [0, 0.1) is 0 Å². The first-order valence-corrected chi connectivity index (χ1v) is 5.04. The number of nitrogens with zero attached hydrogens (tertiary/aromatic N) is 1. The van der Waals surface area contributed by atoms with Crippen LogP contribution in [0.3, 0.4) is 0 Å². The summed E-state index contributed by atoms with van der Waals surface area (Å²) < 4.78 is 0. The minimum atomic E-state index is 0.618. The van der Waals surface area contributed by atoms with Gasteiger partial charge in [-0.05, 0) is 19.3 Å². The highest BCUT2D eigenvalue weighted by Gasteiger charge is 2.04. The van der Waals surface area contributed by atoms with Gasteiger partial charge in [-0.3, -0.25) is 14.5 Å². The second-order valence-electron chi connectivity index (χ2n) is 2.72. The third-order valence-corrected chi connectivity index (χ3v) is 1.20. The first kappa shape index (κ1) is 12.8. The lowest BCUT2D eigenvalue weighted by Gasteiger charge is -2.18. The monoisotopic (exact) mass is 191 g/mol. The van der Waals surface area contributed by atoms with Crippen molar-refractivity contribution in [3.8, 4) is 0 Å². The largest absolute Gasteiger partial charge is 0.251 e. The van der Waals surface area contributed by atoms with E-state index in [4.69, 9.17) is 14.5 Å². The fourth-order valence-corrected chi connectivity index (χ4v) is 0.609. The van der Waals surface area contributed by atoms with Crippen molar-refractivity contribution in [2.75, 3.05) is 19.8 Å².